The van der Waals surface area contributed by atoms with Crippen LogP contribution in [0.2, 0.25) is 0 Å². The minimum atomic E-state index is 0.592. The highest BCUT2D eigenvalue weighted by atomic mass is 15.2. The van der Waals surface area contributed by atoms with Crippen molar-refractivity contribution in [1.82, 2.24) is 15.3 Å². The molecule has 0 aliphatic carbocycles. The predicted octanol–water partition coefficient (Wildman–Crippen LogP) is 2.60. The summed E-state index contributed by atoms with van der Waals surface area (Å²) in [5.41, 5.74) is 1.04. The minimum absolute atomic E-state index is 0.592. The number of nitrogens with one attached hydrogen (secondary N) is 1. The lowest BCUT2D eigenvalue weighted by atomic mass is 9.98. The first kappa shape index (κ1) is 13.3. The van der Waals surface area contributed by atoms with Crippen LogP contribution in [0.5, 0.6) is 0 Å². The molecular formula is C16H22N4. The Kier molecular flexibility index (Phi) is 4.11. The molecule has 0 saturated carbocycles. The number of anilines is 1. The van der Waals surface area contributed by atoms with Crippen molar-refractivity contribution in [1.29, 1.82) is 0 Å². The van der Waals surface area contributed by atoms with Crippen LogP contribution in [0, 0.1) is 0 Å². The SMILES string of the molecule is CNCCC1CCCCN1c1ncnc2ccccc12. The number of hydrogen-bond acceptors (Lipinski definition) is 4. The Morgan fingerprint density at radius 3 is 3.05 bits per heavy atom. The van der Waals surface area contributed by atoms with Gasteiger partial charge in [-0.05, 0) is 51.4 Å². The van der Waals surface area contributed by atoms with E-state index in [1.165, 1.54) is 31.1 Å². The van der Waals surface area contributed by atoms with E-state index in [-0.39, 0.29) is 0 Å². The first-order valence-corrected chi connectivity index (χ1v) is 7.51. The molecule has 1 aromatic carbocycles. The van der Waals surface area contributed by atoms with Crippen LogP contribution in [-0.2, 0) is 0 Å². The topological polar surface area (TPSA) is 41.0 Å². The zero-order chi connectivity index (χ0) is 13.8. The van der Waals surface area contributed by atoms with E-state index >= 15 is 0 Å². The molecule has 3 rings (SSSR count). The average Bonchev–Trinajstić information content (AvgIpc) is 2.53. The lowest BCUT2D eigenvalue weighted by Gasteiger charge is -2.37. The van der Waals surface area contributed by atoms with Crippen LogP contribution in [0.1, 0.15) is 25.7 Å². The molecule has 1 saturated heterocycles. The zero-order valence-electron chi connectivity index (χ0n) is 12.0. The Labute approximate surface area is 120 Å². The molecule has 106 valence electrons. The first-order chi connectivity index (χ1) is 9.90. The molecule has 4 heteroatoms. The van der Waals surface area contributed by atoms with E-state index in [9.17, 15) is 0 Å². The zero-order valence-corrected chi connectivity index (χ0v) is 12.0. The number of nitrogens with zero attached hydrogens (tertiary/aromatic N) is 3. The number of fused-ring (bicyclic) bond motifs is 1. The lowest BCUT2D eigenvalue weighted by molar-refractivity contribution is 0.431. The maximum atomic E-state index is 4.58. The third kappa shape index (κ3) is 2.61. The Morgan fingerprint density at radius 2 is 2.15 bits per heavy atom. The van der Waals surface area contributed by atoms with Gasteiger partial charge in [-0.15, -0.1) is 0 Å². The number of rotatable bonds is 4. The van der Waals surface area contributed by atoms with Gasteiger partial charge in [0.25, 0.3) is 0 Å². The third-order valence-corrected chi connectivity index (χ3v) is 4.15. The Balaban J connectivity index is 1.95. The molecule has 0 radical (unpaired) electrons. The second-order valence-corrected chi connectivity index (χ2v) is 5.45. The van der Waals surface area contributed by atoms with Gasteiger partial charge < -0.3 is 10.2 Å². The van der Waals surface area contributed by atoms with Gasteiger partial charge in [-0.3, -0.25) is 0 Å². The molecule has 4 nitrogen and oxygen atoms in total. The molecular weight excluding hydrogens is 248 g/mol. The summed E-state index contributed by atoms with van der Waals surface area (Å²) in [5.74, 6) is 1.11. The molecule has 2 heterocycles. The van der Waals surface area contributed by atoms with Gasteiger partial charge in [0.15, 0.2) is 0 Å². The summed E-state index contributed by atoms with van der Waals surface area (Å²) in [6.07, 6.45) is 6.72. The van der Waals surface area contributed by atoms with Crippen molar-refractivity contribution < 1.29 is 0 Å². The van der Waals surface area contributed by atoms with Crippen LogP contribution in [0.15, 0.2) is 30.6 Å². The summed E-state index contributed by atoms with van der Waals surface area (Å²) in [5, 5.41) is 4.44. The van der Waals surface area contributed by atoms with Crippen molar-refractivity contribution in [3.63, 3.8) is 0 Å². The smallest absolute Gasteiger partial charge is 0.140 e. The molecule has 0 spiro atoms. The van der Waals surface area contributed by atoms with Crippen LogP contribution < -0.4 is 10.2 Å². The number of benzene rings is 1. The van der Waals surface area contributed by atoms with Gasteiger partial charge in [0, 0.05) is 18.0 Å². The van der Waals surface area contributed by atoms with E-state index < -0.39 is 0 Å². The van der Waals surface area contributed by atoms with Gasteiger partial charge in [-0.25, -0.2) is 9.97 Å². The highest BCUT2D eigenvalue weighted by Crippen LogP contribution is 2.29. The van der Waals surface area contributed by atoms with Crippen LogP contribution >= 0.6 is 0 Å². The van der Waals surface area contributed by atoms with Gasteiger partial charge in [0.1, 0.15) is 12.1 Å². The van der Waals surface area contributed by atoms with Crippen molar-refractivity contribution >= 4 is 16.7 Å². The van der Waals surface area contributed by atoms with Gasteiger partial charge in [0.05, 0.1) is 5.52 Å². The average molecular weight is 270 g/mol. The maximum Gasteiger partial charge on any atom is 0.140 e. The predicted molar refractivity (Wildman–Crippen MR) is 83.1 cm³/mol. The van der Waals surface area contributed by atoms with Crippen molar-refractivity contribution in [3.05, 3.63) is 30.6 Å². The number of para-hydroxylation sites is 1. The lowest BCUT2D eigenvalue weighted by Crippen LogP contribution is -2.41. The van der Waals surface area contributed by atoms with Gasteiger partial charge in [0.2, 0.25) is 0 Å². The molecule has 1 unspecified atom stereocenters. The molecule has 20 heavy (non-hydrogen) atoms. The fraction of sp³-hybridized carbons (Fsp3) is 0.500. The highest BCUT2D eigenvalue weighted by molar-refractivity contribution is 5.89. The number of piperidine rings is 1. The summed E-state index contributed by atoms with van der Waals surface area (Å²) < 4.78 is 0. The van der Waals surface area contributed by atoms with Gasteiger partial charge in [-0.1, -0.05) is 12.1 Å². The molecule has 2 aromatic rings. The van der Waals surface area contributed by atoms with Crippen molar-refractivity contribution in [2.45, 2.75) is 31.7 Å². The second kappa shape index (κ2) is 6.18. The van der Waals surface area contributed by atoms with E-state index in [4.69, 9.17) is 0 Å². The van der Waals surface area contributed by atoms with E-state index in [2.05, 4.69) is 38.4 Å². The summed E-state index contributed by atoms with van der Waals surface area (Å²) in [4.78, 5) is 11.4. The molecule has 0 bridgehead atoms. The van der Waals surface area contributed by atoms with E-state index in [1.807, 2.05) is 13.1 Å². The summed E-state index contributed by atoms with van der Waals surface area (Å²) >= 11 is 0. The number of hydrogen-bond donors (Lipinski definition) is 1. The Hall–Kier alpha value is -1.68. The monoisotopic (exact) mass is 270 g/mol. The van der Waals surface area contributed by atoms with E-state index in [0.717, 1.165) is 24.4 Å². The standard InChI is InChI=1S/C16H22N4/c1-17-10-9-13-6-4-5-11-20(13)16-14-7-2-3-8-15(14)18-12-19-16/h2-3,7-8,12-13,17H,4-6,9-11H2,1H3. The minimum Gasteiger partial charge on any atom is -0.353 e. The van der Waals surface area contributed by atoms with Crippen LogP contribution in [0.4, 0.5) is 5.82 Å². The maximum absolute atomic E-state index is 4.58. The van der Waals surface area contributed by atoms with Gasteiger partial charge >= 0.3 is 0 Å². The fourth-order valence-corrected chi connectivity index (χ4v) is 3.11. The quantitative estimate of drug-likeness (QED) is 0.927. The van der Waals surface area contributed by atoms with Crippen molar-refractivity contribution in [2.24, 2.45) is 0 Å². The second-order valence-electron chi connectivity index (χ2n) is 5.45. The fourth-order valence-electron chi connectivity index (χ4n) is 3.11. The molecule has 1 aliphatic heterocycles. The van der Waals surface area contributed by atoms with Crippen molar-refractivity contribution in [2.75, 3.05) is 25.0 Å². The Bertz CT molecular complexity index is 564. The number of aromatic nitrogens is 2. The van der Waals surface area contributed by atoms with E-state index in [1.54, 1.807) is 6.33 Å². The van der Waals surface area contributed by atoms with Crippen LogP contribution in [-0.4, -0.2) is 36.1 Å². The normalized spacial score (nSPS) is 19.4. The van der Waals surface area contributed by atoms with Crippen LogP contribution in [0.3, 0.4) is 0 Å². The molecule has 1 aromatic heterocycles. The molecule has 1 N–H and O–H groups in total. The van der Waals surface area contributed by atoms with Gasteiger partial charge in [-0.2, -0.15) is 0 Å². The molecule has 1 fully saturated rings. The molecule has 0 amide bonds. The first-order valence-electron chi connectivity index (χ1n) is 7.51. The summed E-state index contributed by atoms with van der Waals surface area (Å²) in [7, 11) is 2.02. The van der Waals surface area contributed by atoms with E-state index in [0.29, 0.717) is 6.04 Å². The summed E-state index contributed by atoms with van der Waals surface area (Å²) in [6, 6.07) is 8.89. The van der Waals surface area contributed by atoms with Crippen molar-refractivity contribution in [3.8, 4) is 0 Å². The molecule has 1 atom stereocenters. The highest BCUT2D eigenvalue weighted by Gasteiger charge is 2.24. The van der Waals surface area contributed by atoms with Crippen LogP contribution in [0.25, 0.3) is 10.9 Å². The largest absolute Gasteiger partial charge is 0.353 e. The molecule has 1 aliphatic rings. The summed E-state index contributed by atoms with van der Waals surface area (Å²) in [6.45, 7) is 2.17. The Morgan fingerprint density at radius 1 is 1.25 bits per heavy atom. The third-order valence-electron chi connectivity index (χ3n) is 4.15.